The van der Waals surface area contributed by atoms with Crippen LogP contribution in [-0.4, -0.2) is 17.6 Å². The van der Waals surface area contributed by atoms with E-state index in [1.165, 1.54) is 19.3 Å². The lowest BCUT2D eigenvalue weighted by Gasteiger charge is -2.46. The van der Waals surface area contributed by atoms with Gasteiger partial charge in [-0.1, -0.05) is 0 Å². The summed E-state index contributed by atoms with van der Waals surface area (Å²) < 4.78 is 0. The van der Waals surface area contributed by atoms with E-state index < -0.39 is 0 Å². The first kappa shape index (κ1) is 11.0. The molecule has 0 unspecified atom stereocenters. The van der Waals surface area contributed by atoms with Crippen LogP contribution in [0.1, 0.15) is 47.0 Å². The van der Waals surface area contributed by atoms with Crippen molar-refractivity contribution in [2.75, 3.05) is 6.54 Å². The highest BCUT2D eigenvalue weighted by atomic mass is 15.0. The molecule has 3 N–H and O–H groups in total. The second kappa shape index (κ2) is 3.58. The SMILES string of the molecule is CC1(C)CC(CCN)CC(C)(C)N1. The maximum atomic E-state index is 5.62. The zero-order valence-electron chi connectivity index (χ0n) is 9.48. The first-order valence-electron chi connectivity index (χ1n) is 5.34. The summed E-state index contributed by atoms with van der Waals surface area (Å²) in [7, 11) is 0. The molecule has 1 heterocycles. The van der Waals surface area contributed by atoms with Crippen molar-refractivity contribution in [1.82, 2.24) is 5.32 Å². The van der Waals surface area contributed by atoms with Gasteiger partial charge in [-0.3, -0.25) is 0 Å². The molecule has 0 spiro atoms. The summed E-state index contributed by atoms with van der Waals surface area (Å²) >= 11 is 0. The molecule has 1 aliphatic rings. The van der Waals surface area contributed by atoms with Crippen molar-refractivity contribution in [1.29, 1.82) is 0 Å². The van der Waals surface area contributed by atoms with E-state index in [0.29, 0.717) is 0 Å². The first-order valence-corrected chi connectivity index (χ1v) is 5.34. The fraction of sp³-hybridized carbons (Fsp3) is 1.00. The number of nitrogens with one attached hydrogen (secondary N) is 1. The Morgan fingerprint density at radius 2 is 1.62 bits per heavy atom. The van der Waals surface area contributed by atoms with Gasteiger partial charge >= 0.3 is 0 Å². The Morgan fingerprint density at radius 1 is 1.15 bits per heavy atom. The van der Waals surface area contributed by atoms with Crippen molar-refractivity contribution in [3.8, 4) is 0 Å². The molecule has 0 saturated carbocycles. The van der Waals surface area contributed by atoms with Gasteiger partial charge in [0.15, 0.2) is 0 Å². The van der Waals surface area contributed by atoms with E-state index in [1.807, 2.05) is 0 Å². The first-order chi connectivity index (χ1) is 5.85. The van der Waals surface area contributed by atoms with E-state index in [0.717, 1.165) is 12.5 Å². The van der Waals surface area contributed by atoms with Gasteiger partial charge in [-0.2, -0.15) is 0 Å². The van der Waals surface area contributed by atoms with Crippen molar-refractivity contribution in [2.24, 2.45) is 11.7 Å². The van der Waals surface area contributed by atoms with Crippen LogP contribution in [0.15, 0.2) is 0 Å². The fourth-order valence-corrected chi connectivity index (χ4v) is 2.97. The molecule has 1 saturated heterocycles. The zero-order valence-corrected chi connectivity index (χ0v) is 9.48. The van der Waals surface area contributed by atoms with E-state index in [-0.39, 0.29) is 11.1 Å². The quantitative estimate of drug-likeness (QED) is 0.688. The van der Waals surface area contributed by atoms with Gasteiger partial charge in [0.1, 0.15) is 0 Å². The molecule has 0 aromatic heterocycles. The standard InChI is InChI=1S/C11H24N2/c1-10(2)7-9(5-6-12)8-11(3,4)13-10/h9,13H,5-8,12H2,1-4H3. The lowest BCUT2D eigenvalue weighted by Crippen LogP contribution is -2.57. The number of piperidine rings is 1. The summed E-state index contributed by atoms with van der Waals surface area (Å²) in [5, 5.41) is 3.68. The Hall–Kier alpha value is -0.0800. The van der Waals surface area contributed by atoms with Crippen LogP contribution < -0.4 is 11.1 Å². The van der Waals surface area contributed by atoms with Gasteiger partial charge in [0.05, 0.1) is 0 Å². The third-order valence-corrected chi connectivity index (χ3v) is 2.85. The van der Waals surface area contributed by atoms with Crippen molar-refractivity contribution in [3.63, 3.8) is 0 Å². The molecule has 0 aromatic rings. The van der Waals surface area contributed by atoms with Crippen LogP contribution in [0.2, 0.25) is 0 Å². The zero-order chi connectivity index (χ0) is 10.1. The summed E-state index contributed by atoms with van der Waals surface area (Å²) in [6, 6.07) is 0. The summed E-state index contributed by atoms with van der Waals surface area (Å²) in [4.78, 5) is 0. The van der Waals surface area contributed by atoms with Gasteiger partial charge in [0.25, 0.3) is 0 Å². The lowest BCUT2D eigenvalue weighted by molar-refractivity contribution is 0.125. The minimum absolute atomic E-state index is 0.279. The Balaban J connectivity index is 2.61. The molecule has 2 nitrogen and oxygen atoms in total. The molecule has 0 bridgehead atoms. The summed E-state index contributed by atoms with van der Waals surface area (Å²) in [6.07, 6.45) is 3.69. The molecule has 0 amide bonds. The number of hydrogen-bond donors (Lipinski definition) is 2. The van der Waals surface area contributed by atoms with Gasteiger partial charge in [-0.05, 0) is 59.4 Å². The molecule has 78 valence electrons. The van der Waals surface area contributed by atoms with Gasteiger partial charge in [0.2, 0.25) is 0 Å². The van der Waals surface area contributed by atoms with Gasteiger partial charge in [-0.15, -0.1) is 0 Å². The molecular formula is C11H24N2. The molecule has 0 atom stereocenters. The van der Waals surface area contributed by atoms with E-state index in [1.54, 1.807) is 0 Å². The average Bonchev–Trinajstić information content (AvgIpc) is 1.78. The third kappa shape index (κ3) is 3.28. The molecule has 13 heavy (non-hydrogen) atoms. The highest BCUT2D eigenvalue weighted by molar-refractivity contribution is 4.96. The largest absolute Gasteiger partial charge is 0.330 e. The Kier molecular flexibility index (Phi) is 3.03. The minimum atomic E-state index is 0.279. The van der Waals surface area contributed by atoms with Gasteiger partial charge in [-0.25, -0.2) is 0 Å². The second-order valence-electron chi connectivity index (χ2n) is 5.74. The van der Waals surface area contributed by atoms with Crippen molar-refractivity contribution in [3.05, 3.63) is 0 Å². The van der Waals surface area contributed by atoms with Gasteiger partial charge in [0, 0.05) is 11.1 Å². The van der Waals surface area contributed by atoms with Crippen LogP contribution in [0.5, 0.6) is 0 Å². The van der Waals surface area contributed by atoms with Crippen LogP contribution in [0, 0.1) is 5.92 Å². The summed E-state index contributed by atoms with van der Waals surface area (Å²) in [5.74, 6) is 0.802. The van der Waals surface area contributed by atoms with Crippen molar-refractivity contribution >= 4 is 0 Å². The molecule has 2 heteroatoms. The minimum Gasteiger partial charge on any atom is -0.330 e. The smallest absolute Gasteiger partial charge is 0.0132 e. The van der Waals surface area contributed by atoms with Crippen LogP contribution in [0.25, 0.3) is 0 Å². The molecule has 0 aromatic carbocycles. The molecule has 1 rings (SSSR count). The average molecular weight is 184 g/mol. The maximum absolute atomic E-state index is 5.62. The predicted molar refractivity (Wildman–Crippen MR) is 57.7 cm³/mol. The van der Waals surface area contributed by atoms with Crippen LogP contribution in [0.3, 0.4) is 0 Å². The Morgan fingerprint density at radius 3 is 2.00 bits per heavy atom. The van der Waals surface area contributed by atoms with E-state index >= 15 is 0 Å². The predicted octanol–water partition coefficient (Wildman–Crippen LogP) is 1.89. The highest BCUT2D eigenvalue weighted by Crippen LogP contribution is 2.34. The van der Waals surface area contributed by atoms with Crippen LogP contribution in [0.4, 0.5) is 0 Å². The van der Waals surface area contributed by atoms with Crippen molar-refractivity contribution < 1.29 is 0 Å². The number of rotatable bonds is 2. The van der Waals surface area contributed by atoms with E-state index in [2.05, 4.69) is 33.0 Å². The fourth-order valence-electron chi connectivity index (χ4n) is 2.97. The molecule has 1 fully saturated rings. The number of hydrogen-bond acceptors (Lipinski definition) is 2. The monoisotopic (exact) mass is 184 g/mol. The molecule has 0 radical (unpaired) electrons. The summed E-state index contributed by atoms with van der Waals surface area (Å²) in [5.41, 5.74) is 6.17. The van der Waals surface area contributed by atoms with Crippen LogP contribution in [-0.2, 0) is 0 Å². The Bertz CT molecular complexity index is 157. The third-order valence-electron chi connectivity index (χ3n) is 2.85. The highest BCUT2D eigenvalue weighted by Gasteiger charge is 2.36. The Labute approximate surface area is 82.3 Å². The van der Waals surface area contributed by atoms with E-state index in [4.69, 9.17) is 5.73 Å². The van der Waals surface area contributed by atoms with Crippen LogP contribution >= 0.6 is 0 Å². The van der Waals surface area contributed by atoms with Gasteiger partial charge < -0.3 is 11.1 Å². The van der Waals surface area contributed by atoms with Crippen molar-refractivity contribution in [2.45, 2.75) is 58.0 Å². The molecule has 0 aliphatic carbocycles. The topological polar surface area (TPSA) is 38.0 Å². The molecular weight excluding hydrogens is 160 g/mol. The lowest BCUT2D eigenvalue weighted by atomic mass is 9.75. The number of nitrogens with two attached hydrogens (primary N) is 1. The normalized spacial score (nSPS) is 27.5. The summed E-state index contributed by atoms with van der Waals surface area (Å²) in [6.45, 7) is 9.99. The maximum Gasteiger partial charge on any atom is 0.0132 e. The second-order valence-corrected chi connectivity index (χ2v) is 5.74. The van der Waals surface area contributed by atoms with E-state index in [9.17, 15) is 0 Å². The molecule has 1 aliphatic heterocycles.